The summed E-state index contributed by atoms with van der Waals surface area (Å²) in [4.78, 5) is 0.822. The Hall–Kier alpha value is -1.19. The van der Waals surface area contributed by atoms with Crippen LogP contribution in [0.1, 0.15) is 24.3 Å². The second-order valence-corrected chi connectivity index (χ2v) is 7.63. The normalized spacial score (nSPS) is 18.0. The van der Waals surface area contributed by atoms with Gasteiger partial charge in [-0.1, -0.05) is 12.1 Å². The average Bonchev–Trinajstić information content (AvgIpc) is 2.52. The number of benzene rings is 1. The zero-order valence-electron chi connectivity index (χ0n) is 13.1. The Bertz CT molecular complexity index is 668. The van der Waals surface area contributed by atoms with Gasteiger partial charge >= 0.3 is 5.51 Å². The molecule has 0 amide bonds. The molecule has 1 fully saturated rings. The van der Waals surface area contributed by atoms with Crippen molar-refractivity contribution in [3.05, 3.63) is 29.6 Å². The van der Waals surface area contributed by atoms with E-state index < -0.39 is 26.1 Å². The van der Waals surface area contributed by atoms with E-state index in [9.17, 15) is 26.0 Å². The predicted octanol–water partition coefficient (Wildman–Crippen LogP) is 2.95. The molecule has 0 unspecified atom stereocenters. The first kappa shape index (κ1) is 19.1. The molecule has 0 atom stereocenters. The highest BCUT2D eigenvalue weighted by Crippen LogP contribution is 2.36. The van der Waals surface area contributed by atoms with Crippen molar-refractivity contribution in [1.29, 1.82) is 0 Å². The first-order valence-corrected chi connectivity index (χ1v) is 8.98. The first-order chi connectivity index (χ1) is 11.2. The van der Waals surface area contributed by atoms with E-state index in [1.807, 2.05) is 0 Å². The molecule has 0 aliphatic carbocycles. The van der Waals surface area contributed by atoms with Gasteiger partial charge in [-0.05, 0) is 43.5 Å². The summed E-state index contributed by atoms with van der Waals surface area (Å²) in [6.45, 7) is 2.61. The number of hydrogen-bond acceptors (Lipinski definition) is 4. The molecule has 1 heterocycles. The number of hydrogen-bond donors (Lipinski definition) is 0. The summed E-state index contributed by atoms with van der Waals surface area (Å²) < 4.78 is 80.4. The number of sulfone groups is 1. The minimum atomic E-state index is -5.69. The van der Waals surface area contributed by atoms with E-state index in [0.717, 1.165) is 12.6 Å². The molecule has 1 aromatic carbocycles. The van der Waals surface area contributed by atoms with Crippen molar-refractivity contribution in [2.75, 3.05) is 33.4 Å². The van der Waals surface area contributed by atoms with Crippen LogP contribution in [0.25, 0.3) is 0 Å². The molecular weight excluding hydrogens is 350 g/mol. The second kappa shape index (κ2) is 7.37. The lowest BCUT2D eigenvalue weighted by atomic mass is 9.89. The average molecular weight is 369 g/mol. The Kier molecular flexibility index (Phi) is 5.87. The summed E-state index contributed by atoms with van der Waals surface area (Å²) in [6.07, 6.45) is 1.10. The molecule has 0 spiro atoms. The third-order valence-electron chi connectivity index (χ3n) is 4.23. The fourth-order valence-corrected chi connectivity index (χ4v) is 3.72. The minimum absolute atomic E-state index is 0.0340. The summed E-state index contributed by atoms with van der Waals surface area (Å²) in [5.74, 6) is -1.59. The molecular formula is C15H19F4NO3S. The second-order valence-electron chi connectivity index (χ2n) is 5.72. The maximum atomic E-state index is 14.5. The smallest absolute Gasteiger partial charge is 0.383 e. The van der Waals surface area contributed by atoms with Gasteiger partial charge in [0.2, 0.25) is 0 Å². The van der Waals surface area contributed by atoms with E-state index in [1.165, 1.54) is 6.07 Å². The van der Waals surface area contributed by atoms with E-state index in [4.69, 9.17) is 4.74 Å². The van der Waals surface area contributed by atoms with Crippen molar-refractivity contribution < 1.29 is 30.7 Å². The summed E-state index contributed by atoms with van der Waals surface area (Å²) in [5, 5.41) is 0. The largest absolute Gasteiger partial charge is 0.502 e. The van der Waals surface area contributed by atoms with Gasteiger partial charge in [-0.15, -0.1) is 0 Å². The van der Waals surface area contributed by atoms with Crippen molar-refractivity contribution in [2.45, 2.75) is 29.2 Å². The van der Waals surface area contributed by atoms with Gasteiger partial charge in [0.15, 0.2) is 0 Å². The monoisotopic (exact) mass is 369 g/mol. The van der Waals surface area contributed by atoms with Gasteiger partial charge in [-0.25, -0.2) is 12.8 Å². The highest BCUT2D eigenvalue weighted by atomic mass is 32.2. The van der Waals surface area contributed by atoms with E-state index >= 15 is 0 Å². The van der Waals surface area contributed by atoms with Crippen LogP contribution >= 0.6 is 0 Å². The SMILES string of the molecule is COCCN1CCC(c2cccc(S(=O)(=O)C(F)(F)F)c2F)CC1. The Morgan fingerprint density at radius 2 is 1.88 bits per heavy atom. The van der Waals surface area contributed by atoms with Crippen LogP contribution in [0.4, 0.5) is 17.6 Å². The fraction of sp³-hybridized carbons (Fsp3) is 0.600. The van der Waals surface area contributed by atoms with Crippen LogP contribution in [0, 0.1) is 5.82 Å². The molecule has 2 rings (SSSR count). The number of likely N-dealkylation sites (tertiary alicyclic amines) is 1. The molecule has 0 N–H and O–H groups in total. The maximum Gasteiger partial charge on any atom is 0.502 e. The van der Waals surface area contributed by atoms with Crippen LogP contribution < -0.4 is 0 Å². The van der Waals surface area contributed by atoms with Gasteiger partial charge in [0, 0.05) is 13.7 Å². The summed E-state index contributed by atoms with van der Waals surface area (Å²) in [5.41, 5.74) is -5.48. The highest BCUT2D eigenvalue weighted by Gasteiger charge is 2.48. The van der Waals surface area contributed by atoms with E-state index in [-0.39, 0.29) is 11.5 Å². The summed E-state index contributed by atoms with van der Waals surface area (Å²) in [7, 11) is -4.10. The van der Waals surface area contributed by atoms with Crippen LogP contribution in [-0.2, 0) is 14.6 Å². The van der Waals surface area contributed by atoms with Crippen LogP contribution in [0.2, 0.25) is 0 Å². The molecule has 1 aliphatic heterocycles. The van der Waals surface area contributed by atoms with Crippen LogP contribution in [0.15, 0.2) is 23.1 Å². The molecule has 4 nitrogen and oxygen atoms in total. The van der Waals surface area contributed by atoms with Crippen molar-refractivity contribution >= 4 is 9.84 Å². The number of methoxy groups -OCH3 is 1. The van der Waals surface area contributed by atoms with E-state index in [1.54, 1.807) is 7.11 Å². The van der Waals surface area contributed by atoms with Gasteiger partial charge in [0.25, 0.3) is 9.84 Å². The molecule has 136 valence electrons. The lowest BCUT2D eigenvalue weighted by Gasteiger charge is -2.32. The topological polar surface area (TPSA) is 46.6 Å². The third kappa shape index (κ3) is 3.89. The van der Waals surface area contributed by atoms with E-state index in [2.05, 4.69) is 4.90 Å². The number of ether oxygens (including phenoxy) is 1. The van der Waals surface area contributed by atoms with Gasteiger partial charge < -0.3 is 9.64 Å². The Morgan fingerprint density at radius 1 is 1.25 bits per heavy atom. The number of nitrogens with zero attached hydrogens (tertiary/aromatic N) is 1. The lowest BCUT2D eigenvalue weighted by molar-refractivity contribution is -0.0437. The third-order valence-corrected chi connectivity index (χ3v) is 5.73. The van der Waals surface area contributed by atoms with Gasteiger partial charge in [0.05, 0.1) is 6.61 Å². The van der Waals surface area contributed by atoms with Crippen LogP contribution in [0.5, 0.6) is 0 Å². The van der Waals surface area contributed by atoms with Gasteiger partial charge in [-0.3, -0.25) is 0 Å². The van der Waals surface area contributed by atoms with Crippen molar-refractivity contribution in [3.63, 3.8) is 0 Å². The number of piperidine rings is 1. The minimum Gasteiger partial charge on any atom is -0.383 e. The number of alkyl halides is 3. The van der Waals surface area contributed by atoms with Crippen LogP contribution in [-0.4, -0.2) is 52.2 Å². The quantitative estimate of drug-likeness (QED) is 0.749. The van der Waals surface area contributed by atoms with Crippen molar-refractivity contribution in [1.82, 2.24) is 4.90 Å². The molecule has 0 aromatic heterocycles. The Balaban J connectivity index is 2.21. The standard InChI is InChI=1S/C15H19F4NO3S/c1-23-10-9-20-7-5-11(6-8-20)12-3-2-4-13(14(12)16)24(21,22)15(17,18)19/h2-4,11H,5-10H2,1H3. The van der Waals surface area contributed by atoms with Crippen LogP contribution in [0.3, 0.4) is 0 Å². The molecule has 24 heavy (non-hydrogen) atoms. The molecule has 1 saturated heterocycles. The molecule has 1 aromatic rings. The predicted molar refractivity (Wildman–Crippen MR) is 79.9 cm³/mol. The zero-order valence-corrected chi connectivity index (χ0v) is 14.0. The summed E-state index contributed by atoms with van der Waals surface area (Å²) in [6, 6.07) is 3.18. The van der Waals surface area contributed by atoms with Crippen molar-refractivity contribution in [3.8, 4) is 0 Å². The van der Waals surface area contributed by atoms with Gasteiger partial charge in [-0.2, -0.15) is 13.2 Å². The molecule has 1 aliphatic rings. The molecule has 0 saturated carbocycles. The maximum absolute atomic E-state index is 14.5. The first-order valence-electron chi connectivity index (χ1n) is 7.49. The van der Waals surface area contributed by atoms with E-state index in [0.29, 0.717) is 38.6 Å². The lowest BCUT2D eigenvalue weighted by Crippen LogP contribution is -2.35. The highest BCUT2D eigenvalue weighted by molar-refractivity contribution is 7.92. The fourth-order valence-electron chi connectivity index (χ4n) is 2.86. The summed E-state index contributed by atoms with van der Waals surface area (Å²) >= 11 is 0. The van der Waals surface area contributed by atoms with Crippen molar-refractivity contribution in [2.24, 2.45) is 0 Å². The Labute approximate surface area is 138 Å². The number of rotatable bonds is 5. The molecule has 0 radical (unpaired) electrons. The molecule has 0 bridgehead atoms. The zero-order chi connectivity index (χ0) is 18.0. The molecule has 9 heteroatoms. The number of halogens is 4. The van der Waals surface area contributed by atoms with Gasteiger partial charge in [0.1, 0.15) is 10.7 Å². The Morgan fingerprint density at radius 3 is 2.42 bits per heavy atom.